The molecule has 0 saturated heterocycles. The van der Waals surface area contributed by atoms with Gasteiger partial charge in [0.15, 0.2) is 5.69 Å². The van der Waals surface area contributed by atoms with Crippen LogP contribution in [0.4, 0.5) is 0 Å². The third-order valence-electron chi connectivity index (χ3n) is 6.26. The van der Waals surface area contributed by atoms with E-state index in [0.29, 0.717) is 43.1 Å². The molecule has 5 rings (SSSR count). The van der Waals surface area contributed by atoms with Gasteiger partial charge in [0.2, 0.25) is 0 Å². The standard InChI is InChI=1S/C27H27N5O3/c1-2-35-27(34)24-22-18-31(26(33)21-11-7-6-10-20(21)25-28-14-15-29-25)16-13-23(22)32(30-24)17-12-19-8-4-3-5-9-19/h3-11,14-15H,2,12-13,16-18H2,1H3,(H,28,29). The molecule has 1 N–H and O–H groups in total. The number of ether oxygens (including phenoxy) is 1. The minimum atomic E-state index is -0.451. The summed E-state index contributed by atoms with van der Waals surface area (Å²) in [6, 6.07) is 17.6. The Morgan fingerprint density at radius 2 is 1.89 bits per heavy atom. The van der Waals surface area contributed by atoms with E-state index in [2.05, 4.69) is 27.2 Å². The van der Waals surface area contributed by atoms with Gasteiger partial charge >= 0.3 is 5.97 Å². The molecule has 3 heterocycles. The number of carbonyl (C=O) groups is 2. The van der Waals surface area contributed by atoms with Gasteiger partial charge in [0.1, 0.15) is 5.82 Å². The first-order valence-corrected chi connectivity index (χ1v) is 11.8. The molecule has 0 fully saturated rings. The lowest BCUT2D eigenvalue weighted by Crippen LogP contribution is -2.37. The summed E-state index contributed by atoms with van der Waals surface area (Å²) in [6.07, 6.45) is 4.82. The molecule has 2 aromatic heterocycles. The summed E-state index contributed by atoms with van der Waals surface area (Å²) in [5.41, 5.74) is 4.58. The number of benzene rings is 2. The maximum atomic E-state index is 13.6. The fraction of sp³-hybridized carbons (Fsp3) is 0.259. The molecule has 1 amide bonds. The van der Waals surface area contributed by atoms with Crippen molar-refractivity contribution in [2.24, 2.45) is 0 Å². The van der Waals surface area contributed by atoms with Crippen LogP contribution in [0.15, 0.2) is 67.0 Å². The van der Waals surface area contributed by atoms with Crippen molar-refractivity contribution in [2.75, 3.05) is 13.2 Å². The Morgan fingerprint density at radius 3 is 2.66 bits per heavy atom. The van der Waals surface area contributed by atoms with Crippen molar-refractivity contribution in [3.63, 3.8) is 0 Å². The van der Waals surface area contributed by atoms with Crippen molar-refractivity contribution >= 4 is 11.9 Å². The van der Waals surface area contributed by atoms with Gasteiger partial charge in [-0.2, -0.15) is 5.10 Å². The van der Waals surface area contributed by atoms with Crippen LogP contribution in [0.1, 0.15) is 44.6 Å². The predicted molar refractivity (Wildman–Crippen MR) is 131 cm³/mol. The summed E-state index contributed by atoms with van der Waals surface area (Å²) in [5, 5.41) is 4.64. The maximum Gasteiger partial charge on any atom is 0.359 e. The van der Waals surface area contributed by atoms with Crippen molar-refractivity contribution in [3.05, 3.63) is 95.1 Å². The molecule has 0 atom stereocenters. The van der Waals surface area contributed by atoms with Crippen LogP contribution in [0.5, 0.6) is 0 Å². The van der Waals surface area contributed by atoms with Gasteiger partial charge in [-0.15, -0.1) is 0 Å². The molecule has 0 aliphatic carbocycles. The zero-order chi connectivity index (χ0) is 24.2. The van der Waals surface area contributed by atoms with Gasteiger partial charge in [0.05, 0.1) is 18.7 Å². The Morgan fingerprint density at radius 1 is 1.09 bits per heavy atom. The van der Waals surface area contributed by atoms with Gasteiger partial charge in [-0.3, -0.25) is 9.48 Å². The Balaban J connectivity index is 1.43. The smallest absolute Gasteiger partial charge is 0.359 e. The first-order valence-electron chi connectivity index (χ1n) is 11.8. The number of aryl methyl sites for hydroxylation is 2. The number of rotatable bonds is 7. The minimum absolute atomic E-state index is 0.102. The summed E-state index contributed by atoms with van der Waals surface area (Å²) in [6.45, 7) is 3.54. The highest BCUT2D eigenvalue weighted by atomic mass is 16.5. The second kappa shape index (κ2) is 9.97. The number of amides is 1. The third-order valence-corrected chi connectivity index (χ3v) is 6.26. The maximum absolute atomic E-state index is 13.6. The van der Waals surface area contributed by atoms with Gasteiger partial charge in [-0.1, -0.05) is 48.5 Å². The highest BCUT2D eigenvalue weighted by molar-refractivity contribution is 6.00. The van der Waals surface area contributed by atoms with Crippen molar-refractivity contribution in [2.45, 2.75) is 32.9 Å². The number of nitrogens with zero attached hydrogens (tertiary/aromatic N) is 4. The topological polar surface area (TPSA) is 93.1 Å². The van der Waals surface area contributed by atoms with Crippen LogP contribution < -0.4 is 0 Å². The van der Waals surface area contributed by atoms with Gasteiger partial charge in [0.25, 0.3) is 5.91 Å². The van der Waals surface area contributed by atoms with Crippen LogP contribution in [0.2, 0.25) is 0 Å². The quantitative estimate of drug-likeness (QED) is 0.415. The molecule has 1 aliphatic heterocycles. The number of aromatic nitrogens is 4. The fourth-order valence-electron chi connectivity index (χ4n) is 4.55. The molecule has 0 radical (unpaired) electrons. The first-order chi connectivity index (χ1) is 17.2. The molecule has 8 heteroatoms. The Labute approximate surface area is 203 Å². The molecule has 178 valence electrons. The Bertz CT molecular complexity index is 1330. The highest BCUT2D eigenvalue weighted by Gasteiger charge is 2.31. The lowest BCUT2D eigenvalue weighted by Gasteiger charge is -2.28. The van der Waals surface area contributed by atoms with Crippen molar-refractivity contribution in [1.29, 1.82) is 0 Å². The molecular formula is C27H27N5O3. The lowest BCUT2D eigenvalue weighted by molar-refractivity contribution is 0.0513. The van der Waals surface area contributed by atoms with E-state index >= 15 is 0 Å². The van der Waals surface area contributed by atoms with Crippen LogP contribution in [0.3, 0.4) is 0 Å². The second-order valence-corrected chi connectivity index (χ2v) is 8.41. The minimum Gasteiger partial charge on any atom is -0.461 e. The molecule has 4 aromatic rings. The molecule has 0 spiro atoms. The molecule has 1 aliphatic rings. The number of imidazole rings is 1. The number of hydrogen-bond donors (Lipinski definition) is 1. The normalized spacial score (nSPS) is 12.9. The van der Waals surface area contributed by atoms with Gasteiger partial charge < -0.3 is 14.6 Å². The van der Waals surface area contributed by atoms with Crippen LogP contribution in [-0.2, 0) is 30.7 Å². The molecule has 35 heavy (non-hydrogen) atoms. The van der Waals surface area contributed by atoms with E-state index in [0.717, 1.165) is 23.2 Å². The summed E-state index contributed by atoms with van der Waals surface area (Å²) < 4.78 is 7.20. The van der Waals surface area contributed by atoms with E-state index in [-0.39, 0.29) is 12.5 Å². The second-order valence-electron chi connectivity index (χ2n) is 8.41. The van der Waals surface area contributed by atoms with Crippen LogP contribution in [-0.4, -0.2) is 49.7 Å². The SMILES string of the molecule is CCOC(=O)c1nn(CCc2ccccc2)c2c1CN(C(=O)c1ccccc1-c1ncc[nH]1)CC2. The summed E-state index contributed by atoms with van der Waals surface area (Å²) >= 11 is 0. The molecule has 0 bridgehead atoms. The highest BCUT2D eigenvalue weighted by Crippen LogP contribution is 2.27. The molecule has 0 unspecified atom stereocenters. The van der Waals surface area contributed by atoms with E-state index in [4.69, 9.17) is 4.74 Å². The average Bonchev–Trinajstić information content (AvgIpc) is 3.56. The van der Waals surface area contributed by atoms with E-state index in [1.807, 2.05) is 47.1 Å². The van der Waals surface area contributed by atoms with Crippen molar-refractivity contribution in [1.82, 2.24) is 24.6 Å². The fourth-order valence-corrected chi connectivity index (χ4v) is 4.55. The van der Waals surface area contributed by atoms with Gasteiger partial charge in [0, 0.05) is 48.7 Å². The molecule has 2 aromatic carbocycles. The third kappa shape index (κ3) is 4.59. The summed E-state index contributed by atoms with van der Waals surface area (Å²) in [5.74, 6) is 0.0922. The van der Waals surface area contributed by atoms with Crippen LogP contribution >= 0.6 is 0 Å². The van der Waals surface area contributed by atoms with Gasteiger partial charge in [-0.05, 0) is 25.0 Å². The van der Waals surface area contributed by atoms with E-state index < -0.39 is 5.97 Å². The Kier molecular flexibility index (Phi) is 6.43. The monoisotopic (exact) mass is 469 g/mol. The lowest BCUT2D eigenvalue weighted by atomic mass is 10.0. The average molecular weight is 470 g/mol. The molecule has 0 saturated carbocycles. The zero-order valence-corrected chi connectivity index (χ0v) is 19.6. The number of aromatic amines is 1. The number of H-pyrrole nitrogens is 1. The number of carbonyl (C=O) groups excluding carboxylic acids is 2. The number of esters is 1. The largest absolute Gasteiger partial charge is 0.461 e. The van der Waals surface area contributed by atoms with E-state index in [1.54, 1.807) is 24.2 Å². The van der Waals surface area contributed by atoms with Gasteiger partial charge in [-0.25, -0.2) is 9.78 Å². The first kappa shape index (κ1) is 22.6. The number of fused-ring (bicyclic) bond motifs is 1. The van der Waals surface area contributed by atoms with Crippen LogP contribution in [0.25, 0.3) is 11.4 Å². The molecule has 8 nitrogen and oxygen atoms in total. The van der Waals surface area contributed by atoms with Crippen molar-refractivity contribution in [3.8, 4) is 11.4 Å². The Hall–Kier alpha value is -4.20. The van der Waals surface area contributed by atoms with E-state index in [1.165, 1.54) is 5.56 Å². The zero-order valence-electron chi connectivity index (χ0n) is 19.6. The van der Waals surface area contributed by atoms with E-state index in [9.17, 15) is 9.59 Å². The van der Waals surface area contributed by atoms with Crippen molar-refractivity contribution < 1.29 is 14.3 Å². The number of hydrogen-bond acceptors (Lipinski definition) is 5. The summed E-state index contributed by atoms with van der Waals surface area (Å²) in [7, 11) is 0. The predicted octanol–water partition coefficient (Wildman–Crippen LogP) is 3.89. The molecular weight excluding hydrogens is 442 g/mol. The van der Waals surface area contributed by atoms with Crippen LogP contribution in [0, 0.1) is 0 Å². The number of nitrogens with one attached hydrogen (secondary N) is 1. The summed E-state index contributed by atoms with van der Waals surface area (Å²) in [4.78, 5) is 35.5.